The quantitative estimate of drug-likeness (QED) is 0.759. The second kappa shape index (κ2) is 5.36. The molecule has 0 saturated heterocycles. The van der Waals surface area contributed by atoms with Gasteiger partial charge in [0.1, 0.15) is 4.88 Å². The van der Waals surface area contributed by atoms with Crippen molar-refractivity contribution < 1.29 is 9.53 Å². The van der Waals surface area contributed by atoms with Crippen LogP contribution < -0.4 is 0 Å². The Labute approximate surface area is 111 Å². The molecule has 0 spiro atoms. The molecule has 0 aliphatic rings. The molecular formula is C15H16O2S. The van der Waals surface area contributed by atoms with Crippen molar-refractivity contribution in [2.75, 3.05) is 7.11 Å². The number of methoxy groups -OCH3 is 1. The molecule has 2 nitrogen and oxygen atoms in total. The molecule has 0 aliphatic carbocycles. The lowest BCUT2D eigenvalue weighted by molar-refractivity contribution is 0.0606. The van der Waals surface area contributed by atoms with Gasteiger partial charge in [0, 0.05) is 4.70 Å². The SMILES string of the molecule is CCC(C)=Cc1ccc2sc(C(=O)OC)cc2c1. The Morgan fingerprint density at radius 3 is 2.83 bits per heavy atom. The fourth-order valence-corrected chi connectivity index (χ4v) is 2.70. The second-order valence-electron chi connectivity index (χ2n) is 4.24. The van der Waals surface area contributed by atoms with Gasteiger partial charge in [-0.3, -0.25) is 0 Å². The topological polar surface area (TPSA) is 26.3 Å². The van der Waals surface area contributed by atoms with E-state index in [2.05, 4.69) is 38.1 Å². The minimum atomic E-state index is -0.266. The molecule has 0 bridgehead atoms. The van der Waals surface area contributed by atoms with Gasteiger partial charge in [-0.15, -0.1) is 11.3 Å². The molecule has 1 aromatic carbocycles. The Morgan fingerprint density at radius 1 is 1.39 bits per heavy atom. The van der Waals surface area contributed by atoms with Gasteiger partial charge >= 0.3 is 5.97 Å². The molecule has 0 N–H and O–H groups in total. The van der Waals surface area contributed by atoms with E-state index in [4.69, 9.17) is 4.74 Å². The molecule has 0 aliphatic heterocycles. The molecule has 3 heteroatoms. The maximum absolute atomic E-state index is 11.5. The number of esters is 1. The van der Waals surface area contributed by atoms with Crippen LogP contribution in [0.15, 0.2) is 29.8 Å². The van der Waals surface area contributed by atoms with E-state index in [9.17, 15) is 4.79 Å². The minimum Gasteiger partial charge on any atom is -0.465 e. The van der Waals surface area contributed by atoms with E-state index in [0.29, 0.717) is 4.88 Å². The highest BCUT2D eigenvalue weighted by Crippen LogP contribution is 2.27. The molecule has 0 fully saturated rings. The van der Waals surface area contributed by atoms with Crippen LogP contribution in [0.4, 0.5) is 0 Å². The van der Waals surface area contributed by atoms with Crippen LogP contribution in [0.3, 0.4) is 0 Å². The van der Waals surface area contributed by atoms with Crippen LogP contribution in [-0.2, 0) is 4.74 Å². The van der Waals surface area contributed by atoms with Crippen molar-refractivity contribution in [3.8, 4) is 0 Å². The van der Waals surface area contributed by atoms with Crippen LogP contribution >= 0.6 is 11.3 Å². The van der Waals surface area contributed by atoms with Gasteiger partial charge in [-0.05, 0) is 42.5 Å². The average Bonchev–Trinajstić information content (AvgIpc) is 2.80. The normalized spacial score (nSPS) is 11.8. The van der Waals surface area contributed by atoms with Gasteiger partial charge in [-0.2, -0.15) is 0 Å². The third-order valence-electron chi connectivity index (χ3n) is 2.90. The van der Waals surface area contributed by atoms with Crippen LogP contribution in [0, 0.1) is 0 Å². The Kier molecular flexibility index (Phi) is 3.82. The first-order valence-corrected chi connectivity index (χ1v) is 6.74. The van der Waals surface area contributed by atoms with Gasteiger partial charge in [0.05, 0.1) is 7.11 Å². The monoisotopic (exact) mass is 260 g/mol. The van der Waals surface area contributed by atoms with Gasteiger partial charge in [-0.1, -0.05) is 24.6 Å². The van der Waals surface area contributed by atoms with Crippen LogP contribution in [0.5, 0.6) is 0 Å². The van der Waals surface area contributed by atoms with Crippen molar-refractivity contribution in [3.05, 3.63) is 40.3 Å². The Bertz CT molecular complexity index is 608. The van der Waals surface area contributed by atoms with E-state index in [-0.39, 0.29) is 5.97 Å². The number of fused-ring (bicyclic) bond motifs is 1. The Balaban J connectivity index is 2.42. The number of carbonyl (C=O) groups excluding carboxylic acids is 1. The summed E-state index contributed by atoms with van der Waals surface area (Å²) in [6.07, 6.45) is 3.23. The summed E-state index contributed by atoms with van der Waals surface area (Å²) in [5.74, 6) is -0.266. The molecule has 1 aromatic heterocycles. The third-order valence-corrected chi connectivity index (χ3v) is 3.99. The van der Waals surface area contributed by atoms with Gasteiger partial charge in [-0.25, -0.2) is 4.79 Å². The van der Waals surface area contributed by atoms with Crippen molar-refractivity contribution in [3.63, 3.8) is 0 Å². The van der Waals surface area contributed by atoms with E-state index >= 15 is 0 Å². The summed E-state index contributed by atoms with van der Waals surface area (Å²) in [4.78, 5) is 12.1. The molecule has 1 heterocycles. The summed E-state index contributed by atoms with van der Waals surface area (Å²) < 4.78 is 5.85. The summed E-state index contributed by atoms with van der Waals surface area (Å²) in [5.41, 5.74) is 2.52. The van der Waals surface area contributed by atoms with Crippen LogP contribution in [0.25, 0.3) is 16.2 Å². The van der Waals surface area contributed by atoms with Gasteiger partial charge in [0.15, 0.2) is 0 Å². The maximum Gasteiger partial charge on any atom is 0.348 e. The zero-order valence-electron chi connectivity index (χ0n) is 10.8. The third kappa shape index (κ3) is 2.62. The average molecular weight is 260 g/mol. The largest absolute Gasteiger partial charge is 0.465 e. The highest BCUT2D eigenvalue weighted by molar-refractivity contribution is 7.20. The van der Waals surface area contributed by atoms with Crippen LogP contribution in [0.2, 0.25) is 0 Å². The van der Waals surface area contributed by atoms with Gasteiger partial charge in [0.2, 0.25) is 0 Å². The number of hydrogen-bond acceptors (Lipinski definition) is 3. The number of ether oxygens (including phenoxy) is 1. The lowest BCUT2D eigenvalue weighted by Crippen LogP contribution is -1.96. The number of allylic oxidation sites excluding steroid dienone is 1. The Morgan fingerprint density at radius 2 is 2.17 bits per heavy atom. The smallest absolute Gasteiger partial charge is 0.348 e. The molecule has 0 radical (unpaired) electrons. The molecule has 2 aromatic rings. The summed E-state index contributed by atoms with van der Waals surface area (Å²) in [6.45, 7) is 4.27. The lowest BCUT2D eigenvalue weighted by Gasteiger charge is -1.97. The Hall–Kier alpha value is -1.61. The molecule has 2 rings (SSSR count). The van der Waals surface area contributed by atoms with Crippen molar-refractivity contribution in [2.45, 2.75) is 20.3 Å². The van der Waals surface area contributed by atoms with E-state index in [0.717, 1.165) is 16.5 Å². The first-order valence-electron chi connectivity index (χ1n) is 5.93. The standard InChI is InChI=1S/C15H16O2S/c1-4-10(2)7-11-5-6-13-12(8-11)9-14(18-13)15(16)17-3/h5-9H,4H2,1-3H3. The van der Waals surface area contributed by atoms with Crippen molar-refractivity contribution in [1.29, 1.82) is 0 Å². The first-order chi connectivity index (χ1) is 8.63. The molecule has 94 valence electrons. The lowest BCUT2D eigenvalue weighted by atomic mass is 10.1. The summed E-state index contributed by atoms with van der Waals surface area (Å²) in [7, 11) is 1.41. The molecule has 0 amide bonds. The molecule has 18 heavy (non-hydrogen) atoms. The summed E-state index contributed by atoms with van der Waals surface area (Å²) >= 11 is 1.47. The maximum atomic E-state index is 11.5. The van der Waals surface area contributed by atoms with Gasteiger partial charge < -0.3 is 4.74 Å². The van der Waals surface area contributed by atoms with E-state index in [1.165, 1.54) is 29.6 Å². The fraction of sp³-hybridized carbons (Fsp3) is 0.267. The first kappa shape index (κ1) is 12.8. The molecule has 0 atom stereocenters. The zero-order valence-corrected chi connectivity index (χ0v) is 11.6. The van der Waals surface area contributed by atoms with E-state index < -0.39 is 0 Å². The highest BCUT2D eigenvalue weighted by Gasteiger charge is 2.10. The van der Waals surface area contributed by atoms with Gasteiger partial charge in [0.25, 0.3) is 0 Å². The molecular weight excluding hydrogens is 244 g/mol. The number of carbonyl (C=O) groups is 1. The van der Waals surface area contributed by atoms with Crippen LogP contribution in [0.1, 0.15) is 35.5 Å². The van der Waals surface area contributed by atoms with Crippen LogP contribution in [-0.4, -0.2) is 13.1 Å². The second-order valence-corrected chi connectivity index (χ2v) is 5.33. The van der Waals surface area contributed by atoms with E-state index in [1.54, 1.807) is 0 Å². The van der Waals surface area contributed by atoms with Crippen molar-refractivity contribution in [2.24, 2.45) is 0 Å². The number of rotatable bonds is 3. The van der Waals surface area contributed by atoms with Crippen molar-refractivity contribution in [1.82, 2.24) is 0 Å². The zero-order chi connectivity index (χ0) is 13.1. The minimum absolute atomic E-state index is 0.266. The predicted molar refractivity (Wildman–Crippen MR) is 77.1 cm³/mol. The number of thiophene rings is 1. The van der Waals surface area contributed by atoms with E-state index in [1.807, 2.05) is 6.07 Å². The van der Waals surface area contributed by atoms with Crippen molar-refractivity contribution >= 4 is 33.5 Å². The predicted octanol–water partition coefficient (Wildman–Crippen LogP) is 4.50. The fourth-order valence-electron chi connectivity index (χ4n) is 1.74. The number of benzene rings is 1. The molecule has 0 unspecified atom stereocenters. The summed E-state index contributed by atoms with van der Waals surface area (Å²) in [5, 5.41) is 1.10. The highest BCUT2D eigenvalue weighted by atomic mass is 32.1. The number of hydrogen-bond donors (Lipinski definition) is 0. The summed E-state index contributed by atoms with van der Waals surface area (Å²) in [6, 6.07) is 8.14. The molecule has 0 saturated carbocycles.